The summed E-state index contributed by atoms with van der Waals surface area (Å²) in [6.45, 7) is 0. The second kappa shape index (κ2) is 8.04. The Bertz CT molecular complexity index is 815. The SMILES string of the molecule is COc1cc(CCCCCc2ccccc2)c2c(c1OC)NC(=O)C2=O. The van der Waals surface area contributed by atoms with E-state index in [-0.39, 0.29) is 0 Å². The topological polar surface area (TPSA) is 64.6 Å². The van der Waals surface area contributed by atoms with Crippen LogP contribution in [0.2, 0.25) is 0 Å². The van der Waals surface area contributed by atoms with Gasteiger partial charge in [0.2, 0.25) is 0 Å². The lowest BCUT2D eigenvalue weighted by atomic mass is 9.96. The Hall–Kier alpha value is -2.82. The molecular formula is C21H23NO4. The predicted octanol–water partition coefficient (Wildman–Crippen LogP) is 3.79. The second-order valence-electron chi connectivity index (χ2n) is 6.35. The number of nitrogens with one attached hydrogen (secondary N) is 1. The molecule has 3 rings (SSSR count). The quantitative estimate of drug-likeness (QED) is 0.579. The number of rotatable bonds is 8. The van der Waals surface area contributed by atoms with Crippen molar-refractivity contribution < 1.29 is 19.1 Å². The van der Waals surface area contributed by atoms with Crippen LogP contribution in [0.4, 0.5) is 5.69 Å². The summed E-state index contributed by atoms with van der Waals surface area (Å²) in [5, 5.41) is 2.61. The summed E-state index contributed by atoms with van der Waals surface area (Å²) in [4.78, 5) is 24.1. The van der Waals surface area contributed by atoms with Crippen molar-refractivity contribution in [2.75, 3.05) is 19.5 Å². The largest absolute Gasteiger partial charge is 0.493 e. The first-order chi connectivity index (χ1) is 12.7. The minimum absolute atomic E-state index is 0.398. The summed E-state index contributed by atoms with van der Waals surface area (Å²) in [6, 6.07) is 12.2. The lowest BCUT2D eigenvalue weighted by Crippen LogP contribution is -2.13. The molecule has 2 aromatic carbocycles. The highest BCUT2D eigenvalue weighted by atomic mass is 16.5. The van der Waals surface area contributed by atoms with Crippen molar-refractivity contribution in [2.45, 2.75) is 32.1 Å². The van der Waals surface area contributed by atoms with Crippen LogP contribution in [0, 0.1) is 0 Å². The number of benzene rings is 2. The Labute approximate surface area is 153 Å². The van der Waals surface area contributed by atoms with E-state index in [0.29, 0.717) is 22.7 Å². The van der Waals surface area contributed by atoms with E-state index >= 15 is 0 Å². The van der Waals surface area contributed by atoms with Gasteiger partial charge in [-0.2, -0.15) is 0 Å². The van der Waals surface area contributed by atoms with Gasteiger partial charge in [0.1, 0.15) is 0 Å². The van der Waals surface area contributed by atoms with Crippen LogP contribution < -0.4 is 14.8 Å². The van der Waals surface area contributed by atoms with Gasteiger partial charge in [-0.05, 0) is 42.9 Å². The molecule has 26 heavy (non-hydrogen) atoms. The molecule has 0 saturated heterocycles. The van der Waals surface area contributed by atoms with E-state index in [2.05, 4.69) is 29.6 Å². The first-order valence-electron chi connectivity index (χ1n) is 8.83. The maximum atomic E-state index is 12.3. The molecule has 1 heterocycles. The third-order valence-electron chi connectivity index (χ3n) is 4.68. The first kappa shape index (κ1) is 18.0. The van der Waals surface area contributed by atoms with Crippen molar-refractivity contribution in [3.05, 3.63) is 53.1 Å². The van der Waals surface area contributed by atoms with Crippen LogP contribution >= 0.6 is 0 Å². The normalized spacial score (nSPS) is 12.7. The number of hydrogen-bond acceptors (Lipinski definition) is 4. The van der Waals surface area contributed by atoms with Crippen LogP contribution in [0.15, 0.2) is 36.4 Å². The van der Waals surface area contributed by atoms with Gasteiger partial charge in [0.05, 0.1) is 25.5 Å². The van der Waals surface area contributed by atoms with Gasteiger partial charge < -0.3 is 14.8 Å². The molecule has 2 aromatic rings. The Morgan fingerprint density at radius 2 is 1.65 bits per heavy atom. The second-order valence-corrected chi connectivity index (χ2v) is 6.35. The summed E-state index contributed by atoms with van der Waals surface area (Å²) in [6.07, 6.45) is 4.84. The maximum absolute atomic E-state index is 12.3. The van der Waals surface area contributed by atoms with Gasteiger partial charge >= 0.3 is 0 Å². The number of ketones is 1. The van der Waals surface area contributed by atoms with Crippen LogP contribution in [-0.4, -0.2) is 25.9 Å². The Balaban J connectivity index is 1.69. The van der Waals surface area contributed by atoms with E-state index in [9.17, 15) is 9.59 Å². The molecule has 1 amide bonds. The van der Waals surface area contributed by atoms with Crippen molar-refractivity contribution in [3.8, 4) is 11.5 Å². The number of anilines is 1. The molecule has 0 bridgehead atoms. The summed E-state index contributed by atoms with van der Waals surface area (Å²) < 4.78 is 10.7. The van der Waals surface area contributed by atoms with Crippen molar-refractivity contribution >= 4 is 17.4 Å². The standard InChI is InChI=1S/C21H23NO4/c1-25-16-13-15(12-8-4-7-11-14-9-5-3-6-10-14)17-18(20(16)26-2)22-21(24)19(17)23/h3,5-6,9-10,13H,4,7-8,11-12H2,1-2H3,(H,22,23,24). The van der Waals surface area contributed by atoms with Gasteiger partial charge in [-0.15, -0.1) is 0 Å². The fourth-order valence-corrected chi connectivity index (χ4v) is 3.37. The number of amides is 1. The predicted molar refractivity (Wildman–Crippen MR) is 100 cm³/mol. The summed E-state index contributed by atoms with van der Waals surface area (Å²) >= 11 is 0. The van der Waals surface area contributed by atoms with Crippen molar-refractivity contribution in [3.63, 3.8) is 0 Å². The number of ether oxygens (including phenoxy) is 2. The molecule has 0 atom stereocenters. The van der Waals surface area contributed by atoms with Crippen molar-refractivity contribution in [2.24, 2.45) is 0 Å². The number of hydrogen-bond donors (Lipinski definition) is 1. The fraction of sp³-hybridized carbons (Fsp3) is 0.333. The minimum atomic E-state index is -0.614. The monoisotopic (exact) mass is 353 g/mol. The van der Waals surface area contributed by atoms with Gasteiger partial charge in [-0.3, -0.25) is 9.59 Å². The third kappa shape index (κ3) is 3.57. The van der Waals surface area contributed by atoms with Crippen LogP contribution in [-0.2, 0) is 17.6 Å². The molecule has 1 aliphatic rings. The van der Waals surface area contributed by atoms with Crippen LogP contribution in [0.1, 0.15) is 40.7 Å². The van der Waals surface area contributed by atoms with E-state index in [1.54, 1.807) is 7.11 Å². The summed E-state index contributed by atoms with van der Waals surface area (Å²) in [5.41, 5.74) is 3.03. The van der Waals surface area contributed by atoms with Gasteiger partial charge in [0.25, 0.3) is 11.7 Å². The molecule has 1 N–H and O–H groups in total. The third-order valence-corrected chi connectivity index (χ3v) is 4.68. The van der Waals surface area contributed by atoms with Gasteiger partial charge in [0, 0.05) is 0 Å². The number of carbonyl (C=O) groups excluding carboxylic acids is 2. The Morgan fingerprint density at radius 1 is 0.923 bits per heavy atom. The molecule has 0 saturated carbocycles. The molecule has 1 aliphatic heterocycles. The molecule has 5 nitrogen and oxygen atoms in total. The molecular weight excluding hydrogens is 330 g/mol. The van der Waals surface area contributed by atoms with E-state index in [1.807, 2.05) is 12.1 Å². The van der Waals surface area contributed by atoms with Crippen molar-refractivity contribution in [1.29, 1.82) is 0 Å². The van der Waals surface area contributed by atoms with Crippen LogP contribution in [0.5, 0.6) is 11.5 Å². The number of aryl methyl sites for hydroxylation is 2. The van der Waals surface area contributed by atoms with Crippen LogP contribution in [0.3, 0.4) is 0 Å². The molecule has 0 aliphatic carbocycles. The molecule has 0 radical (unpaired) electrons. The van der Waals surface area contributed by atoms with Gasteiger partial charge in [-0.1, -0.05) is 36.8 Å². The average Bonchev–Trinajstić information content (AvgIpc) is 2.96. The van der Waals surface area contributed by atoms with Crippen molar-refractivity contribution in [1.82, 2.24) is 0 Å². The van der Waals surface area contributed by atoms with E-state index < -0.39 is 11.7 Å². The zero-order valence-electron chi connectivity index (χ0n) is 15.1. The highest BCUT2D eigenvalue weighted by molar-refractivity contribution is 6.52. The van der Waals surface area contributed by atoms with E-state index in [4.69, 9.17) is 9.47 Å². The first-order valence-corrected chi connectivity index (χ1v) is 8.83. The molecule has 0 aromatic heterocycles. The van der Waals surface area contributed by atoms with E-state index in [0.717, 1.165) is 37.7 Å². The number of Topliss-reactive ketones (excluding diaryl/α,β-unsaturated/α-hetero) is 1. The maximum Gasteiger partial charge on any atom is 0.296 e. The van der Waals surface area contributed by atoms with Gasteiger partial charge in [-0.25, -0.2) is 0 Å². The number of fused-ring (bicyclic) bond motifs is 1. The Kier molecular flexibility index (Phi) is 5.56. The lowest BCUT2D eigenvalue weighted by Gasteiger charge is -2.15. The zero-order valence-corrected chi connectivity index (χ0v) is 15.1. The highest BCUT2D eigenvalue weighted by Gasteiger charge is 2.35. The summed E-state index contributed by atoms with van der Waals surface area (Å²) in [7, 11) is 3.04. The van der Waals surface area contributed by atoms with Gasteiger partial charge in [0.15, 0.2) is 11.5 Å². The fourth-order valence-electron chi connectivity index (χ4n) is 3.37. The Morgan fingerprint density at radius 3 is 2.35 bits per heavy atom. The molecule has 0 unspecified atom stereocenters. The molecule has 0 fully saturated rings. The summed E-state index contributed by atoms with van der Waals surface area (Å²) in [5.74, 6) is -0.188. The number of unbranched alkanes of at least 4 members (excludes halogenated alkanes) is 2. The highest BCUT2D eigenvalue weighted by Crippen LogP contribution is 2.43. The number of carbonyl (C=O) groups is 2. The molecule has 0 spiro atoms. The molecule has 136 valence electrons. The average molecular weight is 353 g/mol. The zero-order chi connectivity index (χ0) is 18.5. The smallest absolute Gasteiger partial charge is 0.296 e. The van der Waals surface area contributed by atoms with Crippen LogP contribution in [0.25, 0.3) is 0 Å². The number of methoxy groups -OCH3 is 2. The lowest BCUT2D eigenvalue weighted by molar-refractivity contribution is -0.112. The van der Waals surface area contributed by atoms with E-state index in [1.165, 1.54) is 12.7 Å². The minimum Gasteiger partial charge on any atom is -0.493 e. The molecule has 5 heteroatoms.